The quantitative estimate of drug-likeness (QED) is 0.495. The highest BCUT2D eigenvalue weighted by Gasteiger charge is 2.18. The molecule has 0 amide bonds. The van der Waals surface area contributed by atoms with Gasteiger partial charge < -0.3 is 9.30 Å². The highest BCUT2D eigenvalue weighted by atomic mass is 32.1. The molecule has 3 aromatic rings. The molecule has 5 heteroatoms. The summed E-state index contributed by atoms with van der Waals surface area (Å²) in [5.74, 6) is -0.572. The number of carbonyl (C=O) groups is 2. The van der Waals surface area contributed by atoms with Crippen LogP contribution in [0.25, 0.3) is 5.69 Å². The Bertz CT molecular complexity index is 879. The van der Waals surface area contributed by atoms with Gasteiger partial charge in [0.15, 0.2) is 6.61 Å². The van der Waals surface area contributed by atoms with Gasteiger partial charge in [-0.15, -0.1) is 0 Å². The van der Waals surface area contributed by atoms with Crippen LogP contribution in [-0.4, -0.2) is 22.9 Å². The van der Waals surface area contributed by atoms with Gasteiger partial charge in [-0.05, 0) is 54.4 Å². The minimum atomic E-state index is -0.386. The summed E-state index contributed by atoms with van der Waals surface area (Å²) in [7, 11) is 0. The van der Waals surface area contributed by atoms with Crippen LogP contribution in [0.15, 0.2) is 53.2 Å². The number of hydrogen-bond acceptors (Lipinski definition) is 4. The Labute approximate surface area is 150 Å². The largest absolute Gasteiger partial charge is 0.457 e. The molecule has 0 aliphatic rings. The smallest absolute Gasteiger partial charge is 0.310 e. The Morgan fingerprint density at radius 2 is 1.88 bits per heavy atom. The van der Waals surface area contributed by atoms with Crippen molar-refractivity contribution in [1.82, 2.24) is 4.57 Å². The number of thiophene rings is 1. The summed E-state index contributed by atoms with van der Waals surface area (Å²) in [6.45, 7) is 3.63. The highest BCUT2D eigenvalue weighted by molar-refractivity contribution is 7.07. The number of ketones is 1. The third-order valence-electron chi connectivity index (χ3n) is 4.04. The van der Waals surface area contributed by atoms with E-state index in [4.69, 9.17) is 4.74 Å². The zero-order chi connectivity index (χ0) is 17.8. The van der Waals surface area contributed by atoms with Crippen LogP contribution in [0.5, 0.6) is 0 Å². The third kappa shape index (κ3) is 3.88. The Kier molecular flexibility index (Phi) is 5.14. The molecular weight excluding hydrogens is 334 g/mol. The number of ether oxygens (including phenoxy) is 1. The number of para-hydroxylation sites is 1. The predicted molar refractivity (Wildman–Crippen MR) is 98.6 cm³/mol. The zero-order valence-electron chi connectivity index (χ0n) is 14.2. The topological polar surface area (TPSA) is 48.3 Å². The van der Waals surface area contributed by atoms with Crippen LogP contribution in [0, 0.1) is 13.8 Å². The van der Waals surface area contributed by atoms with Gasteiger partial charge in [-0.2, -0.15) is 11.3 Å². The number of benzene rings is 1. The standard InChI is InChI=1S/C20H19NO3S/c1-14-10-18(15(2)21(14)17-6-4-3-5-7-17)19(22)12-24-20(23)11-16-8-9-25-13-16/h3-10,13H,11-12H2,1-2H3. The fourth-order valence-electron chi connectivity index (χ4n) is 2.85. The summed E-state index contributed by atoms with van der Waals surface area (Å²) in [5.41, 5.74) is 4.32. The normalized spacial score (nSPS) is 10.6. The number of rotatable bonds is 6. The first-order chi connectivity index (χ1) is 12.1. The van der Waals surface area contributed by atoms with E-state index in [1.54, 1.807) is 0 Å². The van der Waals surface area contributed by atoms with E-state index >= 15 is 0 Å². The SMILES string of the molecule is Cc1cc(C(=O)COC(=O)Cc2ccsc2)c(C)n1-c1ccccc1. The molecule has 0 aliphatic heterocycles. The van der Waals surface area contributed by atoms with Gasteiger partial charge in [0, 0.05) is 22.6 Å². The Morgan fingerprint density at radius 3 is 2.56 bits per heavy atom. The van der Waals surface area contributed by atoms with E-state index in [0.29, 0.717) is 5.56 Å². The fraction of sp³-hybridized carbons (Fsp3) is 0.200. The van der Waals surface area contributed by atoms with Gasteiger partial charge in [0.2, 0.25) is 5.78 Å². The molecule has 0 unspecified atom stereocenters. The Balaban J connectivity index is 1.69. The van der Waals surface area contributed by atoms with Gasteiger partial charge in [0.25, 0.3) is 0 Å². The fourth-order valence-corrected chi connectivity index (χ4v) is 3.52. The lowest BCUT2D eigenvalue weighted by Gasteiger charge is -2.09. The summed E-state index contributed by atoms with van der Waals surface area (Å²) in [6.07, 6.45) is 0.194. The molecule has 0 N–H and O–H groups in total. The number of aromatic nitrogens is 1. The van der Waals surface area contributed by atoms with Crippen molar-refractivity contribution in [3.63, 3.8) is 0 Å². The molecule has 4 nitrogen and oxygen atoms in total. The summed E-state index contributed by atoms with van der Waals surface area (Å²) < 4.78 is 7.18. The number of hydrogen-bond donors (Lipinski definition) is 0. The van der Waals surface area contributed by atoms with Crippen molar-refractivity contribution in [2.75, 3.05) is 6.61 Å². The van der Waals surface area contributed by atoms with Crippen LogP contribution in [0.3, 0.4) is 0 Å². The Morgan fingerprint density at radius 1 is 1.12 bits per heavy atom. The van der Waals surface area contributed by atoms with Crippen molar-refractivity contribution >= 4 is 23.1 Å². The molecule has 0 bridgehead atoms. The van der Waals surface area contributed by atoms with Gasteiger partial charge in [0.05, 0.1) is 6.42 Å². The van der Waals surface area contributed by atoms with E-state index in [0.717, 1.165) is 22.6 Å². The van der Waals surface area contributed by atoms with E-state index in [1.807, 2.05) is 71.6 Å². The zero-order valence-corrected chi connectivity index (χ0v) is 15.0. The summed E-state index contributed by atoms with van der Waals surface area (Å²) in [5, 5.41) is 3.81. The number of aryl methyl sites for hydroxylation is 1. The molecule has 0 spiro atoms. The van der Waals surface area contributed by atoms with Crippen molar-refractivity contribution in [3.05, 3.63) is 75.7 Å². The van der Waals surface area contributed by atoms with E-state index in [-0.39, 0.29) is 24.8 Å². The van der Waals surface area contributed by atoms with Crippen LogP contribution in [0.2, 0.25) is 0 Å². The minimum Gasteiger partial charge on any atom is -0.457 e. The molecule has 25 heavy (non-hydrogen) atoms. The molecule has 1 aromatic carbocycles. The lowest BCUT2D eigenvalue weighted by atomic mass is 10.1. The number of Topliss-reactive ketones (excluding diaryl/α,β-unsaturated/α-hetero) is 1. The first kappa shape index (κ1) is 17.2. The molecule has 0 fully saturated rings. The molecule has 3 rings (SSSR count). The van der Waals surface area contributed by atoms with Gasteiger partial charge in [0.1, 0.15) is 0 Å². The van der Waals surface area contributed by atoms with Crippen molar-refractivity contribution < 1.29 is 14.3 Å². The molecular formula is C20H19NO3S. The first-order valence-corrected chi connectivity index (χ1v) is 8.95. The van der Waals surface area contributed by atoms with E-state index in [1.165, 1.54) is 11.3 Å². The van der Waals surface area contributed by atoms with Crippen LogP contribution < -0.4 is 0 Å². The second-order valence-electron chi connectivity index (χ2n) is 5.85. The Hall–Kier alpha value is -2.66. The lowest BCUT2D eigenvalue weighted by Crippen LogP contribution is -2.16. The van der Waals surface area contributed by atoms with Crippen molar-refractivity contribution in [3.8, 4) is 5.69 Å². The summed E-state index contributed by atoms with van der Waals surface area (Å²) in [6, 6.07) is 13.6. The van der Waals surface area contributed by atoms with Gasteiger partial charge >= 0.3 is 5.97 Å². The third-order valence-corrected chi connectivity index (χ3v) is 4.77. The van der Waals surface area contributed by atoms with E-state index in [2.05, 4.69) is 0 Å². The summed E-state index contributed by atoms with van der Waals surface area (Å²) in [4.78, 5) is 24.3. The van der Waals surface area contributed by atoms with Crippen molar-refractivity contribution in [2.45, 2.75) is 20.3 Å². The van der Waals surface area contributed by atoms with Crippen LogP contribution in [0.4, 0.5) is 0 Å². The molecule has 0 radical (unpaired) electrons. The molecule has 128 valence electrons. The van der Waals surface area contributed by atoms with E-state index < -0.39 is 0 Å². The highest BCUT2D eigenvalue weighted by Crippen LogP contribution is 2.21. The van der Waals surface area contributed by atoms with E-state index in [9.17, 15) is 9.59 Å². The predicted octanol–water partition coefficient (Wildman–Crippen LogP) is 4.12. The second kappa shape index (κ2) is 7.49. The number of nitrogens with zero attached hydrogens (tertiary/aromatic N) is 1. The maximum absolute atomic E-state index is 12.5. The van der Waals surface area contributed by atoms with Gasteiger partial charge in [-0.3, -0.25) is 9.59 Å². The molecule has 2 aromatic heterocycles. The lowest BCUT2D eigenvalue weighted by molar-refractivity contribution is -0.141. The molecule has 0 atom stereocenters. The maximum atomic E-state index is 12.5. The van der Waals surface area contributed by atoms with Gasteiger partial charge in [-0.1, -0.05) is 18.2 Å². The number of esters is 1. The maximum Gasteiger partial charge on any atom is 0.310 e. The monoisotopic (exact) mass is 353 g/mol. The molecule has 2 heterocycles. The minimum absolute atomic E-state index is 0.186. The van der Waals surface area contributed by atoms with Crippen LogP contribution in [-0.2, 0) is 16.0 Å². The van der Waals surface area contributed by atoms with Crippen molar-refractivity contribution in [2.24, 2.45) is 0 Å². The van der Waals surface area contributed by atoms with Crippen LogP contribution >= 0.6 is 11.3 Å². The van der Waals surface area contributed by atoms with Crippen molar-refractivity contribution in [1.29, 1.82) is 0 Å². The van der Waals surface area contributed by atoms with Gasteiger partial charge in [-0.25, -0.2) is 0 Å². The first-order valence-electron chi connectivity index (χ1n) is 8.00. The summed E-state index contributed by atoms with van der Waals surface area (Å²) >= 11 is 1.53. The average molecular weight is 353 g/mol. The number of carbonyl (C=O) groups excluding carboxylic acids is 2. The van der Waals surface area contributed by atoms with Crippen LogP contribution in [0.1, 0.15) is 27.3 Å². The molecule has 0 aliphatic carbocycles. The second-order valence-corrected chi connectivity index (χ2v) is 6.63. The molecule has 0 saturated heterocycles. The molecule has 0 saturated carbocycles. The average Bonchev–Trinajstić information content (AvgIpc) is 3.21.